The first-order valence-corrected chi connectivity index (χ1v) is 30.0. The number of nitrogens with zero attached hydrogens (tertiary/aromatic N) is 4. The van der Waals surface area contributed by atoms with Gasteiger partial charge in [-0.15, -0.1) is 0 Å². The number of likely N-dealkylation sites (N-methyl/N-ethyl adjacent to an activating group) is 2. The first-order valence-electron chi connectivity index (χ1n) is 30.0. The SMILES string of the molecule is CN[C@@H](C)C(=O)N[C@H](C(=O)N1C[C@@H](CC(=O)c2ccc(C(=O)N[C@H]3C[C@@H](C(=O)N4CCC[C@@H]4c4ccccc4)N(C(=O)[C@@H](NC(=O)[C@H](C)NC)C4CCCCC4)C3)cc2)C[C@H]1C(=O)N1CCC[C@@H]1c1ccccc1)C1CCCCC1. The molecule has 4 aliphatic heterocycles. The molecule has 0 aromatic heterocycles. The largest absolute Gasteiger partial charge is 0.347 e. The number of carbonyl (C=O) groups excluding carboxylic acids is 8. The molecule has 17 heteroatoms. The molecule has 2 aliphatic carbocycles. The molecular formula is C63H85N9O8. The topological polar surface area (TPSA) is 210 Å². The number of amides is 7. The average molecular weight is 1100 g/mol. The molecule has 4 saturated heterocycles. The van der Waals surface area contributed by atoms with Gasteiger partial charge in [0, 0.05) is 49.8 Å². The van der Waals surface area contributed by atoms with Crippen LogP contribution >= 0.6 is 0 Å². The minimum atomic E-state index is -0.863. The number of hydrogen-bond acceptors (Lipinski definition) is 10. The summed E-state index contributed by atoms with van der Waals surface area (Å²) in [5.41, 5.74) is 2.76. The van der Waals surface area contributed by atoms with E-state index in [0.29, 0.717) is 30.6 Å². The summed E-state index contributed by atoms with van der Waals surface area (Å²) in [7, 11) is 3.40. The van der Waals surface area contributed by atoms with Crippen LogP contribution in [0.15, 0.2) is 84.9 Å². The van der Waals surface area contributed by atoms with E-state index < -0.39 is 48.2 Å². The Hall–Kier alpha value is -6.46. The number of likely N-dealkylation sites (tertiary alicyclic amines) is 4. The number of carbonyl (C=O) groups is 8. The first-order chi connectivity index (χ1) is 38.7. The summed E-state index contributed by atoms with van der Waals surface area (Å²) in [4.78, 5) is 122. The van der Waals surface area contributed by atoms with Crippen molar-refractivity contribution in [2.45, 2.75) is 177 Å². The maximum absolute atomic E-state index is 15.0. The van der Waals surface area contributed by atoms with Gasteiger partial charge in [0.05, 0.1) is 24.2 Å². The summed E-state index contributed by atoms with van der Waals surface area (Å²) >= 11 is 0. The van der Waals surface area contributed by atoms with E-state index in [0.717, 1.165) is 101 Å². The number of benzene rings is 3. The Kier molecular flexibility index (Phi) is 19.6. The second kappa shape index (κ2) is 26.9. The lowest BCUT2D eigenvalue weighted by Crippen LogP contribution is -2.58. The second-order valence-corrected chi connectivity index (χ2v) is 23.7. The Morgan fingerprint density at radius 2 is 0.938 bits per heavy atom. The van der Waals surface area contributed by atoms with Gasteiger partial charge in [-0.3, -0.25) is 38.4 Å². The zero-order valence-electron chi connectivity index (χ0n) is 47.4. The molecule has 17 nitrogen and oxygen atoms in total. The van der Waals surface area contributed by atoms with E-state index in [-0.39, 0.29) is 97.0 Å². The van der Waals surface area contributed by atoms with E-state index in [1.54, 1.807) is 62.0 Å². The van der Waals surface area contributed by atoms with Crippen molar-refractivity contribution in [3.8, 4) is 0 Å². The molecule has 3 aromatic rings. The molecule has 4 heterocycles. The predicted molar refractivity (Wildman–Crippen MR) is 305 cm³/mol. The van der Waals surface area contributed by atoms with Crippen molar-refractivity contribution in [3.05, 3.63) is 107 Å². The molecule has 0 radical (unpaired) electrons. The lowest BCUT2D eigenvalue weighted by molar-refractivity contribution is -0.147. The van der Waals surface area contributed by atoms with Crippen LogP contribution in [0.5, 0.6) is 0 Å². The summed E-state index contributed by atoms with van der Waals surface area (Å²) in [6.07, 6.45) is 12.9. The van der Waals surface area contributed by atoms with Gasteiger partial charge in [-0.25, -0.2) is 0 Å². The van der Waals surface area contributed by atoms with Crippen molar-refractivity contribution in [2.75, 3.05) is 40.3 Å². The van der Waals surface area contributed by atoms with E-state index in [1.165, 1.54) is 0 Å². The van der Waals surface area contributed by atoms with Gasteiger partial charge in [0.2, 0.25) is 35.4 Å². The Morgan fingerprint density at radius 3 is 1.40 bits per heavy atom. The molecule has 0 unspecified atom stereocenters. The normalized spacial score (nSPS) is 25.1. The highest BCUT2D eigenvalue weighted by atomic mass is 16.2. The zero-order valence-corrected chi connectivity index (χ0v) is 47.4. The zero-order chi connectivity index (χ0) is 56.5. The molecule has 3 aromatic carbocycles. The van der Waals surface area contributed by atoms with Crippen molar-refractivity contribution < 1.29 is 38.4 Å². The third-order valence-electron chi connectivity index (χ3n) is 18.6. The highest BCUT2D eigenvalue weighted by Crippen LogP contribution is 2.39. The average Bonchev–Trinajstić information content (AvgIpc) is 4.41. The van der Waals surface area contributed by atoms with Crippen molar-refractivity contribution >= 4 is 47.1 Å². The summed E-state index contributed by atoms with van der Waals surface area (Å²) in [5.74, 6) is -2.57. The van der Waals surface area contributed by atoms with Crippen molar-refractivity contribution in [2.24, 2.45) is 17.8 Å². The van der Waals surface area contributed by atoms with Crippen LogP contribution in [0.2, 0.25) is 0 Å². The van der Waals surface area contributed by atoms with Gasteiger partial charge in [0.25, 0.3) is 5.91 Å². The molecule has 10 atom stereocenters. The maximum Gasteiger partial charge on any atom is 0.251 e. The molecule has 6 aliphatic rings. The third kappa shape index (κ3) is 13.3. The first kappa shape index (κ1) is 58.2. The minimum Gasteiger partial charge on any atom is -0.347 e. The second-order valence-electron chi connectivity index (χ2n) is 23.7. The minimum absolute atomic E-state index is 0.0676. The lowest BCUT2D eigenvalue weighted by atomic mass is 9.83. The van der Waals surface area contributed by atoms with Crippen LogP contribution < -0.4 is 26.6 Å². The molecular weight excluding hydrogens is 1010 g/mol. The van der Waals surface area contributed by atoms with Crippen LogP contribution in [0.1, 0.15) is 167 Å². The quantitative estimate of drug-likeness (QED) is 0.0853. The van der Waals surface area contributed by atoms with E-state index in [1.807, 2.05) is 70.5 Å². The predicted octanol–water partition coefficient (Wildman–Crippen LogP) is 6.25. The molecule has 430 valence electrons. The van der Waals surface area contributed by atoms with Gasteiger partial charge in [-0.05, 0) is 133 Å². The number of ketones is 1. The van der Waals surface area contributed by atoms with Crippen molar-refractivity contribution in [1.82, 2.24) is 46.2 Å². The number of nitrogens with one attached hydrogen (secondary N) is 5. The fraction of sp³-hybridized carbons (Fsp3) is 0.587. The monoisotopic (exact) mass is 1100 g/mol. The van der Waals surface area contributed by atoms with Crippen molar-refractivity contribution in [3.63, 3.8) is 0 Å². The highest BCUT2D eigenvalue weighted by Gasteiger charge is 2.49. The van der Waals surface area contributed by atoms with Gasteiger partial charge < -0.3 is 46.2 Å². The van der Waals surface area contributed by atoms with Gasteiger partial charge in [0.15, 0.2) is 5.78 Å². The summed E-state index contributed by atoms with van der Waals surface area (Å²) < 4.78 is 0. The summed E-state index contributed by atoms with van der Waals surface area (Å²) in [5, 5.41) is 15.3. The Balaban J connectivity index is 0.909. The highest BCUT2D eigenvalue weighted by molar-refractivity contribution is 6.00. The number of hydrogen-bond donors (Lipinski definition) is 5. The Morgan fingerprint density at radius 1 is 0.500 bits per heavy atom. The van der Waals surface area contributed by atoms with Crippen molar-refractivity contribution in [1.29, 1.82) is 0 Å². The molecule has 7 amide bonds. The van der Waals surface area contributed by atoms with Gasteiger partial charge in [0.1, 0.15) is 24.2 Å². The standard InChI is InChI=1S/C63H85N9O8/c1-40(64-3)57(74)67-55(46-23-13-7-14-24-46)62(79)71-38-42(35-52(71)60(77)69-33-17-27-50(69)43-19-9-5-10-20-43)36-54(73)45-29-31-48(32-30-45)59(76)66-49-37-53(61(78)70-34-18-28-51(70)44-21-11-6-12-22-44)72(39-49)63(80)56(47-25-15-8-16-26-47)68-58(75)41(2)65-4/h5-6,9-12,19-22,29-32,40-42,46-47,49-53,55-56,64-65H,7-8,13-18,23-28,33-39H2,1-4H3,(H,66,76)(H,67,74)(H,68,75)/t40-,41-,42+,49-,50+,51+,52-,53-,55-,56-/m0/s1. The third-order valence-corrected chi connectivity index (χ3v) is 18.6. The number of Topliss-reactive ketones (excluding diaryl/α,β-unsaturated/α-hetero) is 1. The molecule has 80 heavy (non-hydrogen) atoms. The van der Waals surface area contributed by atoms with E-state index in [9.17, 15) is 28.8 Å². The van der Waals surface area contributed by atoms with Crippen LogP contribution in [0.25, 0.3) is 0 Å². The van der Waals surface area contributed by atoms with E-state index in [4.69, 9.17) is 0 Å². The van der Waals surface area contributed by atoms with Gasteiger partial charge >= 0.3 is 0 Å². The Labute approximate surface area is 472 Å². The molecule has 2 saturated carbocycles. The molecule has 0 spiro atoms. The van der Waals surface area contributed by atoms with Gasteiger partial charge in [-0.2, -0.15) is 0 Å². The fourth-order valence-corrected chi connectivity index (χ4v) is 13.8. The molecule has 5 N–H and O–H groups in total. The van der Waals surface area contributed by atoms with Gasteiger partial charge in [-0.1, -0.05) is 111 Å². The van der Waals surface area contributed by atoms with Crippen LogP contribution in [0.4, 0.5) is 0 Å². The molecule has 9 rings (SSSR count). The summed E-state index contributed by atoms with van der Waals surface area (Å²) in [6.45, 7) is 4.87. The van der Waals surface area contributed by atoms with E-state index in [2.05, 4.69) is 26.6 Å². The van der Waals surface area contributed by atoms with Crippen LogP contribution in [-0.2, 0) is 28.8 Å². The fourth-order valence-electron chi connectivity index (χ4n) is 13.8. The smallest absolute Gasteiger partial charge is 0.251 e. The van der Waals surface area contributed by atoms with E-state index >= 15 is 9.59 Å². The lowest BCUT2D eigenvalue weighted by Gasteiger charge is -2.36. The summed E-state index contributed by atoms with van der Waals surface area (Å²) in [6, 6.07) is 21.1. The molecule has 6 fully saturated rings. The maximum atomic E-state index is 15.0. The Bertz CT molecular complexity index is 2480. The van der Waals surface area contributed by atoms with Crippen LogP contribution in [0.3, 0.4) is 0 Å². The van der Waals surface area contributed by atoms with Crippen LogP contribution in [0, 0.1) is 17.8 Å². The number of rotatable bonds is 19. The molecule has 0 bridgehead atoms. The van der Waals surface area contributed by atoms with Crippen LogP contribution in [-0.4, -0.2) is 149 Å².